The third-order valence-corrected chi connectivity index (χ3v) is 3.35. The number of hydrogen-bond donors (Lipinski definition) is 4. The Morgan fingerprint density at radius 1 is 1.38 bits per heavy atom. The lowest BCUT2D eigenvalue weighted by atomic mass is 10.1. The zero-order chi connectivity index (χ0) is 16.0. The van der Waals surface area contributed by atoms with Gasteiger partial charge in [-0.05, 0) is 47.2 Å². The number of hydrogen-bond acceptors (Lipinski definition) is 3. The number of halogens is 2. The van der Waals surface area contributed by atoms with Crippen LogP contribution in [-0.2, 0) is 9.59 Å². The number of carbonyl (C=O) groups is 3. The van der Waals surface area contributed by atoms with Crippen molar-refractivity contribution in [2.75, 3.05) is 5.32 Å². The number of benzene rings is 1. The van der Waals surface area contributed by atoms with Gasteiger partial charge in [0.05, 0.1) is 5.69 Å². The van der Waals surface area contributed by atoms with Gasteiger partial charge in [0.1, 0.15) is 11.9 Å². The molecule has 114 valence electrons. The van der Waals surface area contributed by atoms with Crippen molar-refractivity contribution >= 4 is 46.2 Å². The molecule has 0 radical (unpaired) electrons. The Labute approximate surface area is 133 Å². The highest BCUT2D eigenvalue weighted by atomic mass is 127. The van der Waals surface area contributed by atoms with E-state index in [4.69, 9.17) is 10.8 Å². The van der Waals surface area contributed by atoms with Gasteiger partial charge in [0.25, 0.3) is 0 Å². The van der Waals surface area contributed by atoms with Crippen molar-refractivity contribution < 1.29 is 23.9 Å². The van der Waals surface area contributed by atoms with Crippen LogP contribution in [0.5, 0.6) is 0 Å². The van der Waals surface area contributed by atoms with Crippen molar-refractivity contribution in [1.29, 1.82) is 0 Å². The van der Waals surface area contributed by atoms with Crippen LogP contribution in [-0.4, -0.2) is 29.1 Å². The number of rotatable bonds is 6. The third kappa shape index (κ3) is 5.94. The normalized spacial score (nSPS) is 11.5. The summed E-state index contributed by atoms with van der Waals surface area (Å²) in [5.74, 6) is -2.38. The lowest BCUT2D eigenvalue weighted by Gasteiger charge is -2.15. The SMILES string of the molecule is NC(=O)CC[C@@H](NC(=O)Nc1ccc(F)cc1I)C(=O)O. The minimum absolute atomic E-state index is 0.113. The Kier molecular flexibility index (Phi) is 6.34. The fourth-order valence-corrected chi connectivity index (χ4v) is 2.06. The summed E-state index contributed by atoms with van der Waals surface area (Å²) in [6, 6.07) is 1.74. The second kappa shape index (κ2) is 7.76. The summed E-state index contributed by atoms with van der Waals surface area (Å²) in [6.45, 7) is 0. The summed E-state index contributed by atoms with van der Waals surface area (Å²) in [5, 5.41) is 13.6. The highest BCUT2D eigenvalue weighted by Crippen LogP contribution is 2.18. The minimum atomic E-state index is -1.28. The van der Waals surface area contributed by atoms with Gasteiger partial charge >= 0.3 is 12.0 Å². The average Bonchev–Trinajstić information content (AvgIpc) is 2.37. The summed E-state index contributed by atoms with van der Waals surface area (Å²) < 4.78 is 13.4. The molecule has 5 N–H and O–H groups in total. The second-order valence-corrected chi connectivity index (χ2v) is 5.28. The summed E-state index contributed by atoms with van der Waals surface area (Å²) in [4.78, 5) is 33.3. The standard InChI is InChI=1S/C12H13FIN3O4/c13-6-1-2-8(7(14)5-6)16-12(21)17-9(11(19)20)3-4-10(15)18/h1-2,5,9H,3-4H2,(H2,15,18)(H,19,20)(H2,16,17,21)/t9-/m1/s1. The molecule has 0 bridgehead atoms. The maximum absolute atomic E-state index is 12.9. The molecule has 0 unspecified atom stereocenters. The van der Waals surface area contributed by atoms with Gasteiger partial charge in [-0.1, -0.05) is 0 Å². The van der Waals surface area contributed by atoms with E-state index in [1.807, 2.05) is 22.6 Å². The molecule has 9 heteroatoms. The van der Waals surface area contributed by atoms with E-state index < -0.39 is 29.8 Å². The van der Waals surface area contributed by atoms with Crippen molar-refractivity contribution in [3.05, 3.63) is 27.6 Å². The molecule has 7 nitrogen and oxygen atoms in total. The largest absolute Gasteiger partial charge is 0.480 e. The van der Waals surface area contributed by atoms with Crippen molar-refractivity contribution in [2.45, 2.75) is 18.9 Å². The van der Waals surface area contributed by atoms with Crippen LogP contribution in [0.25, 0.3) is 0 Å². The highest BCUT2D eigenvalue weighted by molar-refractivity contribution is 14.1. The number of primary amides is 1. The van der Waals surface area contributed by atoms with E-state index in [-0.39, 0.29) is 12.8 Å². The van der Waals surface area contributed by atoms with Crippen LogP contribution in [0.15, 0.2) is 18.2 Å². The highest BCUT2D eigenvalue weighted by Gasteiger charge is 2.20. The molecule has 0 aliphatic carbocycles. The van der Waals surface area contributed by atoms with E-state index in [1.54, 1.807) is 0 Å². The Balaban J connectivity index is 2.65. The lowest BCUT2D eigenvalue weighted by molar-refractivity contribution is -0.139. The molecule has 0 aliphatic rings. The molecule has 0 saturated carbocycles. The molecular weight excluding hydrogens is 396 g/mol. The van der Waals surface area contributed by atoms with Crippen LogP contribution in [0.4, 0.5) is 14.9 Å². The summed E-state index contributed by atoms with van der Waals surface area (Å²) in [6.07, 6.45) is -0.274. The van der Waals surface area contributed by atoms with Gasteiger partial charge in [-0.15, -0.1) is 0 Å². The molecule has 21 heavy (non-hydrogen) atoms. The van der Waals surface area contributed by atoms with E-state index in [1.165, 1.54) is 18.2 Å². The van der Waals surface area contributed by atoms with Crippen LogP contribution in [0.3, 0.4) is 0 Å². The third-order valence-electron chi connectivity index (χ3n) is 2.46. The first-order valence-electron chi connectivity index (χ1n) is 5.83. The zero-order valence-corrected chi connectivity index (χ0v) is 12.9. The van der Waals surface area contributed by atoms with E-state index >= 15 is 0 Å². The van der Waals surface area contributed by atoms with Crippen LogP contribution in [0, 0.1) is 9.39 Å². The number of carboxylic acids is 1. The molecule has 0 aromatic heterocycles. The average molecular weight is 409 g/mol. The summed E-state index contributed by atoms with van der Waals surface area (Å²) in [5.41, 5.74) is 5.27. The van der Waals surface area contributed by atoms with E-state index in [2.05, 4.69) is 10.6 Å². The number of nitrogens with one attached hydrogen (secondary N) is 2. The topological polar surface area (TPSA) is 122 Å². The molecule has 0 fully saturated rings. The summed E-state index contributed by atoms with van der Waals surface area (Å²) >= 11 is 1.83. The van der Waals surface area contributed by atoms with Crippen LogP contribution < -0.4 is 16.4 Å². The number of carboxylic acid groups (broad SMARTS) is 1. The van der Waals surface area contributed by atoms with Crippen LogP contribution in [0.1, 0.15) is 12.8 Å². The smallest absolute Gasteiger partial charge is 0.326 e. The second-order valence-electron chi connectivity index (χ2n) is 4.12. The molecule has 0 heterocycles. The molecule has 1 atom stereocenters. The monoisotopic (exact) mass is 409 g/mol. The van der Waals surface area contributed by atoms with Crippen molar-refractivity contribution in [1.82, 2.24) is 5.32 Å². The molecule has 0 aliphatic heterocycles. The minimum Gasteiger partial charge on any atom is -0.480 e. The molecule has 1 aromatic carbocycles. The van der Waals surface area contributed by atoms with Crippen molar-refractivity contribution in [3.8, 4) is 0 Å². The Morgan fingerprint density at radius 3 is 2.57 bits per heavy atom. The molecule has 1 aromatic rings. The van der Waals surface area contributed by atoms with Crippen molar-refractivity contribution in [3.63, 3.8) is 0 Å². The molecule has 1 rings (SSSR count). The molecule has 3 amide bonds. The predicted molar refractivity (Wildman–Crippen MR) is 81.1 cm³/mol. The maximum atomic E-state index is 12.9. The fraction of sp³-hybridized carbons (Fsp3) is 0.250. The van der Waals surface area contributed by atoms with E-state index in [9.17, 15) is 18.8 Å². The van der Waals surface area contributed by atoms with E-state index in [0.717, 1.165) is 0 Å². The molecule has 0 saturated heterocycles. The van der Waals surface area contributed by atoms with Crippen molar-refractivity contribution in [2.24, 2.45) is 5.73 Å². The van der Waals surface area contributed by atoms with Gasteiger partial charge in [0, 0.05) is 9.99 Å². The quantitative estimate of drug-likeness (QED) is 0.529. The predicted octanol–water partition coefficient (Wildman–Crippen LogP) is 1.27. The number of anilines is 1. The maximum Gasteiger partial charge on any atom is 0.326 e. The van der Waals surface area contributed by atoms with Gasteiger partial charge in [-0.2, -0.15) is 0 Å². The fourth-order valence-electron chi connectivity index (χ4n) is 1.45. The van der Waals surface area contributed by atoms with Crippen LogP contribution in [0.2, 0.25) is 0 Å². The Hall–Kier alpha value is -1.91. The number of aliphatic carboxylic acids is 1. The number of carbonyl (C=O) groups excluding carboxylic acids is 2. The van der Waals surface area contributed by atoms with Gasteiger partial charge in [0.15, 0.2) is 0 Å². The number of urea groups is 1. The van der Waals surface area contributed by atoms with Gasteiger partial charge in [0.2, 0.25) is 5.91 Å². The Morgan fingerprint density at radius 2 is 2.05 bits per heavy atom. The van der Waals surface area contributed by atoms with Gasteiger partial charge < -0.3 is 21.5 Å². The first-order valence-corrected chi connectivity index (χ1v) is 6.91. The van der Waals surface area contributed by atoms with Crippen LogP contribution >= 0.6 is 22.6 Å². The summed E-state index contributed by atoms with van der Waals surface area (Å²) in [7, 11) is 0. The molecular formula is C12H13FIN3O4. The first-order chi connectivity index (χ1) is 9.79. The lowest BCUT2D eigenvalue weighted by Crippen LogP contribution is -2.43. The first kappa shape index (κ1) is 17.1. The van der Waals surface area contributed by atoms with Gasteiger partial charge in [-0.25, -0.2) is 14.0 Å². The number of nitrogens with two attached hydrogens (primary N) is 1. The Bertz CT molecular complexity index is 567. The van der Waals surface area contributed by atoms with E-state index in [0.29, 0.717) is 9.26 Å². The number of amides is 3. The zero-order valence-electron chi connectivity index (χ0n) is 10.7. The molecule has 0 spiro atoms. The van der Waals surface area contributed by atoms with Gasteiger partial charge in [-0.3, -0.25) is 4.79 Å².